The van der Waals surface area contributed by atoms with E-state index >= 15 is 0 Å². The summed E-state index contributed by atoms with van der Waals surface area (Å²) in [5.41, 5.74) is -2.73. The van der Waals surface area contributed by atoms with Crippen LogP contribution < -0.4 is 0 Å². The molecule has 2 unspecified atom stereocenters. The topological polar surface area (TPSA) is 74.6 Å². The van der Waals surface area contributed by atoms with Gasteiger partial charge in [-0.15, -0.1) is 0 Å². The molecular formula is C24H44O4. The second-order valence-corrected chi connectivity index (χ2v) is 10.9. The van der Waals surface area contributed by atoms with Gasteiger partial charge in [0.05, 0.1) is 10.8 Å². The summed E-state index contributed by atoms with van der Waals surface area (Å²) in [7, 11) is 0. The number of unbranched alkanes of at least 4 members (excludes halogenated alkanes) is 2. The van der Waals surface area contributed by atoms with Crippen LogP contribution in [0.5, 0.6) is 0 Å². The highest BCUT2D eigenvalue weighted by atomic mass is 16.4. The van der Waals surface area contributed by atoms with Crippen LogP contribution in [0.3, 0.4) is 0 Å². The third-order valence-electron chi connectivity index (χ3n) is 7.17. The lowest BCUT2D eigenvalue weighted by atomic mass is 9.48. The maximum absolute atomic E-state index is 12.8. The lowest BCUT2D eigenvalue weighted by Gasteiger charge is -2.53. The molecule has 0 amide bonds. The van der Waals surface area contributed by atoms with Crippen LogP contribution in [-0.4, -0.2) is 22.2 Å². The lowest BCUT2D eigenvalue weighted by molar-refractivity contribution is -0.188. The number of carbonyl (C=O) groups is 2. The molecule has 4 nitrogen and oxygen atoms in total. The second kappa shape index (κ2) is 9.63. The molecule has 0 heterocycles. The van der Waals surface area contributed by atoms with E-state index in [-0.39, 0.29) is 10.8 Å². The van der Waals surface area contributed by atoms with E-state index in [2.05, 4.69) is 41.5 Å². The van der Waals surface area contributed by atoms with Crippen molar-refractivity contribution in [2.45, 2.75) is 119 Å². The smallest absolute Gasteiger partial charge is 0.310 e. The molecule has 0 bridgehead atoms. The molecule has 0 aromatic carbocycles. The maximum Gasteiger partial charge on any atom is 0.310 e. The van der Waals surface area contributed by atoms with Gasteiger partial charge in [-0.25, -0.2) is 0 Å². The SMILES string of the molecule is CCCCC(C)(C)CC1(C(=O)O)CCCCC1(CC(C)(C)CCCC)C(=O)O. The monoisotopic (exact) mass is 396 g/mol. The van der Waals surface area contributed by atoms with Gasteiger partial charge < -0.3 is 10.2 Å². The fourth-order valence-electron chi connectivity index (χ4n) is 5.74. The average molecular weight is 397 g/mol. The average Bonchev–Trinajstić information content (AvgIpc) is 2.59. The first-order valence-corrected chi connectivity index (χ1v) is 11.3. The molecule has 1 aliphatic rings. The van der Waals surface area contributed by atoms with Gasteiger partial charge in [0.2, 0.25) is 0 Å². The molecular weight excluding hydrogens is 352 g/mol. The van der Waals surface area contributed by atoms with E-state index in [1.54, 1.807) is 0 Å². The third kappa shape index (κ3) is 5.51. The van der Waals surface area contributed by atoms with Gasteiger partial charge >= 0.3 is 11.9 Å². The van der Waals surface area contributed by atoms with E-state index in [9.17, 15) is 19.8 Å². The fraction of sp³-hybridized carbons (Fsp3) is 0.917. The molecule has 0 spiro atoms. The van der Waals surface area contributed by atoms with E-state index in [1.807, 2.05) is 0 Å². The van der Waals surface area contributed by atoms with Crippen molar-refractivity contribution < 1.29 is 19.8 Å². The highest BCUT2D eigenvalue weighted by Gasteiger charge is 2.64. The maximum atomic E-state index is 12.8. The van der Waals surface area contributed by atoms with E-state index in [1.165, 1.54) is 0 Å². The molecule has 1 fully saturated rings. The minimum absolute atomic E-state index is 0.181. The Morgan fingerprint density at radius 3 is 1.32 bits per heavy atom. The molecule has 2 atom stereocenters. The Kier molecular flexibility index (Phi) is 8.59. The predicted octanol–water partition coefficient (Wildman–Crippen LogP) is 6.92. The van der Waals surface area contributed by atoms with Crippen molar-refractivity contribution >= 4 is 11.9 Å². The van der Waals surface area contributed by atoms with Crippen LogP contribution in [0.25, 0.3) is 0 Å². The van der Waals surface area contributed by atoms with Gasteiger partial charge in [-0.3, -0.25) is 9.59 Å². The Bertz CT molecular complexity index is 489. The van der Waals surface area contributed by atoms with E-state index < -0.39 is 22.8 Å². The molecule has 4 heteroatoms. The van der Waals surface area contributed by atoms with Crippen LogP contribution in [0.1, 0.15) is 119 Å². The Morgan fingerprint density at radius 1 is 0.750 bits per heavy atom. The molecule has 0 aromatic heterocycles. The molecule has 0 aromatic rings. The van der Waals surface area contributed by atoms with Crippen LogP contribution in [0.4, 0.5) is 0 Å². The number of hydrogen-bond acceptors (Lipinski definition) is 2. The normalized spacial score (nSPS) is 26.2. The number of carboxylic acids is 2. The van der Waals surface area contributed by atoms with Gasteiger partial charge in [-0.05, 0) is 49.4 Å². The van der Waals surface area contributed by atoms with Gasteiger partial charge in [0.15, 0.2) is 0 Å². The van der Waals surface area contributed by atoms with Gasteiger partial charge in [0.25, 0.3) is 0 Å². The van der Waals surface area contributed by atoms with E-state index in [0.717, 1.165) is 51.4 Å². The zero-order valence-corrected chi connectivity index (χ0v) is 19.2. The zero-order valence-electron chi connectivity index (χ0n) is 19.2. The largest absolute Gasteiger partial charge is 0.481 e. The first-order chi connectivity index (χ1) is 12.9. The summed E-state index contributed by atoms with van der Waals surface area (Å²) in [6.45, 7) is 12.8. The molecule has 1 saturated carbocycles. The molecule has 0 radical (unpaired) electrons. The summed E-state index contributed by atoms with van der Waals surface area (Å²) >= 11 is 0. The van der Waals surface area contributed by atoms with Crippen molar-refractivity contribution in [3.8, 4) is 0 Å². The Balaban J connectivity index is 3.42. The Morgan fingerprint density at radius 2 is 1.07 bits per heavy atom. The summed E-state index contributed by atoms with van der Waals surface area (Å²) in [5, 5.41) is 20.9. The molecule has 0 saturated heterocycles. The molecule has 2 N–H and O–H groups in total. The van der Waals surface area contributed by atoms with Crippen molar-refractivity contribution in [1.82, 2.24) is 0 Å². The van der Waals surface area contributed by atoms with Crippen molar-refractivity contribution in [3.63, 3.8) is 0 Å². The van der Waals surface area contributed by atoms with Crippen LogP contribution in [-0.2, 0) is 9.59 Å². The highest BCUT2D eigenvalue weighted by Crippen LogP contribution is 2.61. The fourth-order valence-corrected chi connectivity index (χ4v) is 5.74. The van der Waals surface area contributed by atoms with Crippen molar-refractivity contribution in [3.05, 3.63) is 0 Å². The quantitative estimate of drug-likeness (QED) is 0.375. The Hall–Kier alpha value is -1.06. The molecule has 164 valence electrons. The van der Waals surface area contributed by atoms with Crippen molar-refractivity contribution in [1.29, 1.82) is 0 Å². The zero-order chi connectivity index (χ0) is 21.6. The summed E-state index contributed by atoms with van der Waals surface area (Å²) in [4.78, 5) is 25.6. The summed E-state index contributed by atoms with van der Waals surface area (Å²) in [5.74, 6) is -1.80. The number of carboxylic acid groups (broad SMARTS) is 2. The van der Waals surface area contributed by atoms with Crippen LogP contribution in [0.2, 0.25) is 0 Å². The highest BCUT2D eigenvalue weighted by molar-refractivity contribution is 5.87. The van der Waals surface area contributed by atoms with Crippen LogP contribution >= 0.6 is 0 Å². The second-order valence-electron chi connectivity index (χ2n) is 10.9. The summed E-state index contributed by atoms with van der Waals surface area (Å²) in [6.07, 6.45) is 9.58. The lowest BCUT2D eigenvalue weighted by Crippen LogP contribution is -2.57. The van der Waals surface area contributed by atoms with Gasteiger partial charge in [-0.1, -0.05) is 80.1 Å². The predicted molar refractivity (Wildman–Crippen MR) is 114 cm³/mol. The molecule has 28 heavy (non-hydrogen) atoms. The first-order valence-electron chi connectivity index (χ1n) is 11.3. The van der Waals surface area contributed by atoms with Crippen molar-refractivity contribution in [2.24, 2.45) is 21.7 Å². The van der Waals surface area contributed by atoms with Crippen LogP contribution in [0, 0.1) is 21.7 Å². The number of hydrogen-bond donors (Lipinski definition) is 2. The Labute approximate surface area is 172 Å². The molecule has 1 aliphatic carbocycles. The van der Waals surface area contributed by atoms with Crippen LogP contribution in [0.15, 0.2) is 0 Å². The van der Waals surface area contributed by atoms with Crippen molar-refractivity contribution in [2.75, 3.05) is 0 Å². The van der Waals surface area contributed by atoms with Gasteiger partial charge in [-0.2, -0.15) is 0 Å². The third-order valence-corrected chi connectivity index (χ3v) is 7.17. The van der Waals surface area contributed by atoms with Gasteiger partial charge in [0, 0.05) is 0 Å². The molecule has 1 rings (SSSR count). The number of rotatable bonds is 12. The summed E-state index contributed by atoms with van der Waals surface area (Å²) in [6, 6.07) is 0. The van der Waals surface area contributed by atoms with E-state index in [4.69, 9.17) is 0 Å². The summed E-state index contributed by atoms with van der Waals surface area (Å²) < 4.78 is 0. The van der Waals surface area contributed by atoms with Gasteiger partial charge in [0.1, 0.15) is 0 Å². The number of aliphatic carboxylic acids is 2. The minimum Gasteiger partial charge on any atom is -0.481 e. The standard InChI is InChI=1S/C24H44O4/c1-7-9-13-21(3,4)17-23(19(25)26)15-11-12-16-24(23,20(27)28)18-22(5,6)14-10-8-2/h7-18H2,1-6H3,(H,25,26)(H,27,28). The minimum atomic E-state index is -1.18. The van der Waals surface area contributed by atoms with E-state index in [0.29, 0.717) is 25.7 Å². The molecule has 0 aliphatic heterocycles. The first kappa shape index (κ1) is 25.0.